The summed E-state index contributed by atoms with van der Waals surface area (Å²) in [5.74, 6) is 2.55. The molecule has 3 aromatic rings. The van der Waals surface area contributed by atoms with Crippen LogP contribution in [0.2, 0.25) is 0 Å². The van der Waals surface area contributed by atoms with Gasteiger partial charge >= 0.3 is 0 Å². The molecule has 1 N–H and O–H groups in total. The van der Waals surface area contributed by atoms with E-state index in [-0.39, 0.29) is 6.04 Å². The van der Waals surface area contributed by atoms with Crippen molar-refractivity contribution in [3.63, 3.8) is 0 Å². The number of hydrogen-bond donors (Lipinski definition) is 1. The molecule has 3 rings (SSSR count). The summed E-state index contributed by atoms with van der Waals surface area (Å²) in [5.41, 5.74) is 0.789. The summed E-state index contributed by atoms with van der Waals surface area (Å²) >= 11 is 0. The molecule has 0 bridgehead atoms. The van der Waals surface area contributed by atoms with Crippen molar-refractivity contribution in [1.29, 1.82) is 0 Å². The van der Waals surface area contributed by atoms with Crippen LogP contribution in [-0.4, -0.2) is 7.11 Å². The molecule has 104 valence electrons. The number of benzene rings is 1. The number of fused-ring (bicyclic) bond motifs is 1. The van der Waals surface area contributed by atoms with Crippen LogP contribution in [0, 0.1) is 0 Å². The van der Waals surface area contributed by atoms with E-state index in [4.69, 9.17) is 13.6 Å². The highest BCUT2D eigenvalue weighted by Gasteiger charge is 2.11. The highest BCUT2D eigenvalue weighted by atomic mass is 16.5. The first kappa shape index (κ1) is 12.8. The quantitative estimate of drug-likeness (QED) is 0.765. The van der Waals surface area contributed by atoms with Gasteiger partial charge in [0, 0.05) is 5.39 Å². The fourth-order valence-corrected chi connectivity index (χ4v) is 2.23. The molecule has 0 spiro atoms. The fourth-order valence-electron chi connectivity index (χ4n) is 2.23. The van der Waals surface area contributed by atoms with Gasteiger partial charge < -0.3 is 18.9 Å². The first-order valence-electron chi connectivity index (χ1n) is 6.60. The molecule has 4 nitrogen and oxygen atoms in total. The summed E-state index contributed by atoms with van der Waals surface area (Å²) in [5, 5.41) is 4.42. The number of ether oxygens (including phenoxy) is 1. The van der Waals surface area contributed by atoms with Crippen LogP contribution < -0.4 is 10.1 Å². The summed E-state index contributed by atoms with van der Waals surface area (Å²) in [6.45, 7) is 2.70. The molecule has 0 aliphatic carbocycles. The van der Waals surface area contributed by atoms with Gasteiger partial charge in [0.05, 0.1) is 26.0 Å². The summed E-state index contributed by atoms with van der Waals surface area (Å²) in [7, 11) is 1.65. The normalized spacial score (nSPS) is 12.7. The molecular weight excluding hydrogens is 254 g/mol. The van der Waals surface area contributed by atoms with Crippen LogP contribution in [0.4, 0.5) is 0 Å². The Hall–Kier alpha value is -2.20. The lowest BCUT2D eigenvalue weighted by Gasteiger charge is -2.09. The number of rotatable bonds is 5. The number of hydrogen-bond acceptors (Lipinski definition) is 4. The van der Waals surface area contributed by atoms with E-state index in [0.717, 1.165) is 28.2 Å². The predicted octanol–water partition coefficient (Wildman–Crippen LogP) is 3.89. The zero-order chi connectivity index (χ0) is 13.9. The molecule has 20 heavy (non-hydrogen) atoms. The molecule has 0 amide bonds. The fraction of sp³-hybridized carbons (Fsp3) is 0.250. The Morgan fingerprint density at radius 3 is 2.90 bits per heavy atom. The number of nitrogens with one attached hydrogen (secondary N) is 1. The van der Waals surface area contributed by atoms with Crippen molar-refractivity contribution < 1.29 is 13.6 Å². The van der Waals surface area contributed by atoms with Gasteiger partial charge in [-0.05, 0) is 31.2 Å². The molecule has 2 aromatic heterocycles. The summed E-state index contributed by atoms with van der Waals surface area (Å²) in [6, 6.07) is 11.9. The van der Waals surface area contributed by atoms with E-state index in [2.05, 4.69) is 12.2 Å². The van der Waals surface area contributed by atoms with E-state index in [1.165, 1.54) is 0 Å². The Bertz CT molecular complexity index is 685. The summed E-state index contributed by atoms with van der Waals surface area (Å²) in [4.78, 5) is 0. The highest BCUT2D eigenvalue weighted by molar-refractivity contribution is 5.83. The average Bonchev–Trinajstić information content (AvgIpc) is 3.12. The van der Waals surface area contributed by atoms with Gasteiger partial charge in [-0.2, -0.15) is 0 Å². The Labute approximate surface area is 117 Å². The van der Waals surface area contributed by atoms with Crippen molar-refractivity contribution in [3.05, 3.63) is 54.2 Å². The van der Waals surface area contributed by atoms with Crippen molar-refractivity contribution >= 4 is 11.0 Å². The van der Waals surface area contributed by atoms with E-state index >= 15 is 0 Å². The number of methoxy groups -OCH3 is 1. The predicted molar refractivity (Wildman–Crippen MR) is 76.7 cm³/mol. The van der Waals surface area contributed by atoms with E-state index in [1.54, 1.807) is 13.4 Å². The van der Waals surface area contributed by atoms with Gasteiger partial charge in [0.1, 0.15) is 11.5 Å². The van der Waals surface area contributed by atoms with Crippen LogP contribution in [-0.2, 0) is 6.54 Å². The van der Waals surface area contributed by atoms with Crippen LogP contribution in [0.1, 0.15) is 24.5 Å². The second kappa shape index (κ2) is 5.43. The molecular formula is C16H17NO3. The SMILES string of the molecule is COc1cccc2cc(CN[C@H](C)c3ccco3)oc12. The minimum atomic E-state index is 0.139. The zero-order valence-electron chi connectivity index (χ0n) is 11.6. The van der Waals surface area contributed by atoms with Crippen LogP contribution in [0.25, 0.3) is 11.0 Å². The molecule has 0 aliphatic rings. The number of furan rings is 2. The molecule has 0 saturated carbocycles. The maximum absolute atomic E-state index is 5.84. The molecule has 2 heterocycles. The third kappa shape index (κ3) is 2.42. The standard InChI is InChI=1S/C16H17NO3/c1-11(14-7-4-8-19-14)17-10-13-9-12-5-3-6-15(18-2)16(12)20-13/h3-9,11,17H,10H2,1-2H3/t11-/m1/s1. The van der Waals surface area contributed by atoms with Gasteiger partial charge in [0.2, 0.25) is 0 Å². The van der Waals surface area contributed by atoms with Gasteiger partial charge in [0.15, 0.2) is 11.3 Å². The Kier molecular flexibility index (Phi) is 3.48. The van der Waals surface area contributed by atoms with Crippen molar-refractivity contribution in [3.8, 4) is 5.75 Å². The third-order valence-electron chi connectivity index (χ3n) is 3.33. The third-order valence-corrected chi connectivity index (χ3v) is 3.33. The van der Waals surface area contributed by atoms with Gasteiger partial charge in [0.25, 0.3) is 0 Å². The van der Waals surface area contributed by atoms with Crippen LogP contribution in [0.3, 0.4) is 0 Å². The van der Waals surface area contributed by atoms with Crippen molar-refractivity contribution in [2.24, 2.45) is 0 Å². The zero-order valence-corrected chi connectivity index (χ0v) is 11.6. The van der Waals surface area contributed by atoms with Crippen molar-refractivity contribution in [2.45, 2.75) is 19.5 Å². The largest absolute Gasteiger partial charge is 0.493 e. The summed E-state index contributed by atoms with van der Waals surface area (Å²) < 4.78 is 16.5. The molecule has 0 radical (unpaired) electrons. The van der Waals surface area contributed by atoms with Gasteiger partial charge in [-0.15, -0.1) is 0 Å². The second-order valence-corrected chi connectivity index (χ2v) is 4.71. The van der Waals surface area contributed by atoms with E-state index in [0.29, 0.717) is 6.54 Å². The maximum Gasteiger partial charge on any atom is 0.176 e. The topological polar surface area (TPSA) is 47.5 Å². The molecule has 4 heteroatoms. The molecule has 0 aliphatic heterocycles. The lowest BCUT2D eigenvalue weighted by Crippen LogP contribution is -2.17. The van der Waals surface area contributed by atoms with Gasteiger partial charge in [-0.25, -0.2) is 0 Å². The lowest BCUT2D eigenvalue weighted by molar-refractivity contribution is 0.397. The van der Waals surface area contributed by atoms with E-state index in [1.807, 2.05) is 36.4 Å². The smallest absolute Gasteiger partial charge is 0.176 e. The monoisotopic (exact) mass is 271 g/mol. The average molecular weight is 271 g/mol. The number of para-hydroxylation sites is 1. The van der Waals surface area contributed by atoms with Crippen LogP contribution in [0.5, 0.6) is 5.75 Å². The van der Waals surface area contributed by atoms with Gasteiger partial charge in [-0.1, -0.05) is 12.1 Å². The highest BCUT2D eigenvalue weighted by Crippen LogP contribution is 2.28. The molecule has 1 atom stereocenters. The van der Waals surface area contributed by atoms with Crippen molar-refractivity contribution in [1.82, 2.24) is 5.32 Å². The van der Waals surface area contributed by atoms with E-state index < -0.39 is 0 Å². The molecule has 0 saturated heterocycles. The molecule has 0 unspecified atom stereocenters. The Morgan fingerprint density at radius 1 is 1.25 bits per heavy atom. The Morgan fingerprint density at radius 2 is 2.15 bits per heavy atom. The first-order chi connectivity index (χ1) is 9.78. The molecule has 1 aromatic carbocycles. The maximum atomic E-state index is 5.84. The first-order valence-corrected chi connectivity index (χ1v) is 6.60. The van der Waals surface area contributed by atoms with Crippen LogP contribution in [0.15, 0.2) is 51.5 Å². The molecule has 0 fully saturated rings. The van der Waals surface area contributed by atoms with Gasteiger partial charge in [-0.3, -0.25) is 0 Å². The van der Waals surface area contributed by atoms with E-state index in [9.17, 15) is 0 Å². The van der Waals surface area contributed by atoms with Crippen LogP contribution >= 0.6 is 0 Å². The van der Waals surface area contributed by atoms with Crippen molar-refractivity contribution in [2.75, 3.05) is 7.11 Å². The Balaban J connectivity index is 1.75. The lowest BCUT2D eigenvalue weighted by atomic mass is 10.2. The minimum absolute atomic E-state index is 0.139. The second-order valence-electron chi connectivity index (χ2n) is 4.71. The minimum Gasteiger partial charge on any atom is -0.493 e. The summed E-state index contributed by atoms with van der Waals surface area (Å²) in [6.07, 6.45) is 1.68.